The summed E-state index contributed by atoms with van der Waals surface area (Å²) in [5.41, 5.74) is 16.2. The molecular weight excluding hydrogens is 1000 g/mol. The molecule has 4 heterocycles. The zero-order valence-corrected chi connectivity index (χ0v) is 44.0. The molecule has 3 aromatic heterocycles. The average molecular weight is 1050 g/mol. The van der Waals surface area contributed by atoms with E-state index in [1.54, 1.807) is 0 Å². The molecule has 0 unspecified atom stereocenters. The minimum Gasteiger partial charge on any atom is -0.306 e. The minimum atomic E-state index is 0.412. The molecule has 0 N–H and O–H groups in total. The first-order chi connectivity index (χ1) is 40.6. The number of aromatic nitrogens is 7. The van der Waals surface area contributed by atoms with E-state index in [0.29, 0.717) is 40.4 Å². The molecule has 0 fully saturated rings. The Morgan fingerprint density at radius 2 is 0.610 bits per heavy atom. The second-order valence-corrected chi connectivity index (χ2v) is 19.6. The zero-order chi connectivity index (χ0) is 54.8. The molecular formula is C72H46N10. The summed E-state index contributed by atoms with van der Waals surface area (Å²) in [6.07, 6.45) is 0. The Kier molecular flexibility index (Phi) is 12.7. The fourth-order valence-electron chi connectivity index (χ4n) is 10.7. The fourth-order valence-corrected chi connectivity index (χ4v) is 10.7. The van der Waals surface area contributed by atoms with Gasteiger partial charge in [0, 0.05) is 44.5 Å². The van der Waals surface area contributed by atoms with Crippen LogP contribution >= 0.6 is 0 Å². The van der Waals surface area contributed by atoms with Crippen LogP contribution in [0, 0.1) is 11.3 Å². The van der Waals surface area contributed by atoms with E-state index in [9.17, 15) is 5.26 Å². The Labute approximate surface area is 474 Å². The second-order valence-electron chi connectivity index (χ2n) is 19.6. The van der Waals surface area contributed by atoms with Crippen LogP contribution in [0.2, 0.25) is 0 Å². The molecule has 0 bridgehead atoms. The van der Waals surface area contributed by atoms with Gasteiger partial charge in [-0.3, -0.25) is 4.90 Å². The van der Waals surface area contributed by atoms with E-state index in [4.69, 9.17) is 34.9 Å². The van der Waals surface area contributed by atoms with E-state index in [-0.39, 0.29) is 0 Å². The summed E-state index contributed by atoms with van der Waals surface area (Å²) in [7, 11) is 0. The first kappa shape index (κ1) is 48.8. The van der Waals surface area contributed by atoms with Gasteiger partial charge in [0.2, 0.25) is 5.95 Å². The van der Waals surface area contributed by atoms with Crippen LogP contribution in [0.5, 0.6) is 0 Å². The van der Waals surface area contributed by atoms with Crippen molar-refractivity contribution in [1.82, 2.24) is 34.9 Å². The fraction of sp³-hybridized carbons (Fsp3) is 0. The molecule has 384 valence electrons. The summed E-state index contributed by atoms with van der Waals surface area (Å²) in [5, 5.41) is 10.3. The van der Waals surface area contributed by atoms with Gasteiger partial charge >= 0.3 is 0 Å². The Morgan fingerprint density at radius 1 is 0.256 bits per heavy atom. The zero-order valence-electron chi connectivity index (χ0n) is 44.0. The van der Waals surface area contributed by atoms with E-state index in [2.05, 4.69) is 131 Å². The van der Waals surface area contributed by atoms with Crippen molar-refractivity contribution in [3.05, 3.63) is 285 Å². The molecule has 0 spiro atoms. The molecule has 0 atom stereocenters. The molecule has 0 saturated heterocycles. The Morgan fingerprint density at radius 3 is 1.01 bits per heavy atom. The lowest BCUT2D eigenvalue weighted by atomic mass is 9.90. The Hall–Kier alpha value is -11.5. The van der Waals surface area contributed by atoms with Crippen LogP contribution in [0.3, 0.4) is 0 Å². The van der Waals surface area contributed by atoms with Gasteiger partial charge in [0.05, 0.1) is 68.4 Å². The number of nitriles is 1. The van der Waals surface area contributed by atoms with Crippen LogP contribution in [0.25, 0.3) is 102 Å². The molecule has 10 nitrogen and oxygen atoms in total. The van der Waals surface area contributed by atoms with E-state index < -0.39 is 0 Å². The first-order valence-electron chi connectivity index (χ1n) is 27.0. The van der Waals surface area contributed by atoms with Gasteiger partial charge in [-0.05, 0) is 66.2 Å². The van der Waals surface area contributed by atoms with Crippen molar-refractivity contribution in [3.63, 3.8) is 0 Å². The minimum absolute atomic E-state index is 0.412. The number of hydrogen-bond donors (Lipinski definition) is 0. The van der Waals surface area contributed by atoms with E-state index in [1.165, 1.54) is 0 Å². The molecule has 14 rings (SSSR count). The monoisotopic (exact) mass is 1050 g/mol. The van der Waals surface area contributed by atoms with E-state index >= 15 is 0 Å². The second kappa shape index (κ2) is 21.4. The van der Waals surface area contributed by atoms with Crippen LogP contribution in [-0.2, 0) is 0 Å². The van der Waals surface area contributed by atoms with E-state index in [1.807, 2.05) is 164 Å². The molecule has 0 radical (unpaired) electrons. The number of rotatable bonds is 11. The number of hydrogen-bond acceptors (Lipinski definition) is 10. The molecule has 82 heavy (non-hydrogen) atoms. The number of fused-ring (bicyclic) bond motifs is 2. The van der Waals surface area contributed by atoms with E-state index in [0.717, 1.165) is 101 Å². The molecule has 1 aliphatic rings. The van der Waals surface area contributed by atoms with Gasteiger partial charge in [0.15, 0.2) is 23.3 Å². The normalized spacial score (nSPS) is 11.6. The Bertz CT molecular complexity index is 4280. The molecule has 10 aromatic carbocycles. The number of nitrogens with zero attached hydrogens (tertiary/aromatic N) is 10. The van der Waals surface area contributed by atoms with Crippen molar-refractivity contribution in [2.24, 2.45) is 0 Å². The van der Waals surface area contributed by atoms with Gasteiger partial charge in [-0.1, -0.05) is 218 Å². The van der Waals surface area contributed by atoms with Crippen LogP contribution in [0.1, 0.15) is 5.56 Å². The summed E-state index contributed by atoms with van der Waals surface area (Å²) in [5.74, 6) is 2.40. The maximum absolute atomic E-state index is 10.3. The average Bonchev–Trinajstić information content (AvgIpc) is 2.51. The quantitative estimate of drug-likeness (QED) is 0.124. The molecule has 0 saturated carbocycles. The highest BCUT2D eigenvalue weighted by molar-refractivity contribution is 6.07. The highest BCUT2D eigenvalue weighted by Gasteiger charge is 2.35. The molecule has 10 heteroatoms. The van der Waals surface area contributed by atoms with Crippen molar-refractivity contribution < 1.29 is 0 Å². The largest absolute Gasteiger partial charge is 0.306 e. The van der Waals surface area contributed by atoms with Crippen molar-refractivity contribution in [3.8, 4) is 108 Å². The SMILES string of the molecule is N#Cc1ccc(-c2c(-c3nc(-c4ccccc4)cc(-c4ccccc4)n3)ccc(N3c4ccccc4N(c4nc(-c5ccccc5)cc(-c5ccccc5)n4)c4ccccc43)c2-c2nc(-c3ccccc3)nc(-c3ccccc3)n2)cc1. The highest BCUT2D eigenvalue weighted by Crippen LogP contribution is 2.57. The summed E-state index contributed by atoms with van der Waals surface area (Å²) in [6.45, 7) is 0. The summed E-state index contributed by atoms with van der Waals surface area (Å²) in [6, 6.07) is 96.0. The van der Waals surface area contributed by atoms with Gasteiger partial charge in [-0.25, -0.2) is 34.9 Å². The third-order valence-corrected chi connectivity index (χ3v) is 14.5. The molecule has 1 aliphatic heterocycles. The van der Waals surface area contributed by atoms with Crippen molar-refractivity contribution in [2.45, 2.75) is 0 Å². The predicted molar refractivity (Wildman–Crippen MR) is 328 cm³/mol. The molecule has 0 aliphatic carbocycles. The lowest BCUT2D eigenvalue weighted by Gasteiger charge is -2.40. The third-order valence-electron chi connectivity index (χ3n) is 14.5. The van der Waals surface area contributed by atoms with Gasteiger partial charge in [-0.15, -0.1) is 0 Å². The molecule has 0 amide bonds. The lowest BCUT2D eigenvalue weighted by Crippen LogP contribution is -2.26. The smallest absolute Gasteiger partial charge is 0.235 e. The third kappa shape index (κ3) is 9.26. The van der Waals surface area contributed by atoms with Crippen LogP contribution in [0.4, 0.5) is 34.4 Å². The maximum Gasteiger partial charge on any atom is 0.235 e. The van der Waals surface area contributed by atoms with Gasteiger partial charge in [0.25, 0.3) is 0 Å². The van der Waals surface area contributed by atoms with Crippen LogP contribution in [-0.4, -0.2) is 34.9 Å². The van der Waals surface area contributed by atoms with Gasteiger partial charge in [0.1, 0.15) is 0 Å². The van der Waals surface area contributed by atoms with Crippen molar-refractivity contribution >= 4 is 34.4 Å². The highest BCUT2D eigenvalue weighted by atomic mass is 15.3. The van der Waals surface area contributed by atoms with Gasteiger partial charge < -0.3 is 4.90 Å². The van der Waals surface area contributed by atoms with Crippen LogP contribution in [0.15, 0.2) is 279 Å². The summed E-state index contributed by atoms with van der Waals surface area (Å²) in [4.78, 5) is 42.4. The summed E-state index contributed by atoms with van der Waals surface area (Å²) >= 11 is 0. The molecule has 13 aromatic rings. The number of anilines is 6. The summed E-state index contributed by atoms with van der Waals surface area (Å²) < 4.78 is 0. The number of para-hydroxylation sites is 4. The van der Waals surface area contributed by atoms with Gasteiger partial charge in [-0.2, -0.15) is 5.26 Å². The Balaban J connectivity index is 1.08. The number of benzene rings is 10. The van der Waals surface area contributed by atoms with Crippen molar-refractivity contribution in [2.75, 3.05) is 9.80 Å². The predicted octanol–water partition coefficient (Wildman–Crippen LogP) is 17.6. The standard InChI is InChI=1S/C72H46N10/c73-47-48-39-41-53(42-40-48)66-56(70-74-57(49-23-7-1-8-24-49)45-58(75-70)50-25-9-2-10-26-50)43-44-65(67(66)71-79-68(54-31-15-5-16-32-54)78-69(80-71)55-33-17-6-18-34-55)81-61-35-19-21-37-63(61)82(64-38-22-20-36-62(64)81)72-76-59(51-27-11-3-12-28-51)46-60(77-72)52-29-13-4-14-30-52/h1-46H. The van der Waals surface area contributed by atoms with Crippen molar-refractivity contribution in [1.29, 1.82) is 5.26 Å². The topological polar surface area (TPSA) is 120 Å². The maximum atomic E-state index is 10.3. The first-order valence-corrected chi connectivity index (χ1v) is 27.0. The lowest BCUT2D eigenvalue weighted by molar-refractivity contribution is 1.06. The van der Waals surface area contributed by atoms with Crippen LogP contribution < -0.4 is 9.80 Å².